The fraction of sp³-hybridized carbons (Fsp3) is 0.625. The van der Waals surface area contributed by atoms with Crippen LogP contribution in [-0.4, -0.2) is 26.8 Å². The van der Waals surface area contributed by atoms with Crippen molar-refractivity contribution in [3.8, 4) is 5.75 Å². The van der Waals surface area contributed by atoms with Crippen molar-refractivity contribution in [2.45, 2.75) is 33.3 Å². The predicted octanol–water partition coefficient (Wildman–Crippen LogP) is 2.94. The molecule has 0 bridgehead atoms. The summed E-state index contributed by atoms with van der Waals surface area (Å²) < 4.78 is 11.3. The van der Waals surface area contributed by atoms with Crippen molar-refractivity contribution in [1.29, 1.82) is 0 Å². The summed E-state index contributed by atoms with van der Waals surface area (Å²) in [5, 5.41) is 3.37. The average molecular weight is 263 g/mol. The van der Waals surface area contributed by atoms with E-state index in [2.05, 4.69) is 44.3 Å². The lowest BCUT2D eigenvalue weighted by Gasteiger charge is -2.26. The van der Waals surface area contributed by atoms with Gasteiger partial charge in [-0.25, -0.2) is 0 Å². The second-order valence-electron chi connectivity index (χ2n) is 6.38. The summed E-state index contributed by atoms with van der Waals surface area (Å²) in [4.78, 5) is 0. The van der Waals surface area contributed by atoms with Crippen molar-refractivity contribution >= 4 is 0 Å². The summed E-state index contributed by atoms with van der Waals surface area (Å²) in [5.74, 6) is 0.923. The standard InChI is InChI=1S/C16H25NO2/c1-16(2,3)10-12-5-6-14(18-4)13(9-12)15-11-17-7-8-19-15/h5-6,9,15,17H,7-8,10-11H2,1-4H3. The first-order valence-electron chi connectivity index (χ1n) is 6.99. The molecule has 3 heteroatoms. The van der Waals surface area contributed by atoms with Crippen molar-refractivity contribution < 1.29 is 9.47 Å². The van der Waals surface area contributed by atoms with Crippen molar-refractivity contribution in [1.82, 2.24) is 5.32 Å². The van der Waals surface area contributed by atoms with Gasteiger partial charge in [-0.05, 0) is 29.5 Å². The highest BCUT2D eigenvalue weighted by Crippen LogP contribution is 2.31. The van der Waals surface area contributed by atoms with E-state index < -0.39 is 0 Å². The molecule has 1 aliphatic rings. The van der Waals surface area contributed by atoms with Gasteiger partial charge in [0.1, 0.15) is 5.75 Å². The van der Waals surface area contributed by atoms with Crippen LogP contribution in [0.15, 0.2) is 18.2 Å². The third-order valence-electron chi connectivity index (χ3n) is 3.30. The summed E-state index contributed by atoms with van der Waals surface area (Å²) in [6.45, 7) is 9.33. The number of rotatable bonds is 3. The molecule has 1 unspecified atom stereocenters. The van der Waals surface area contributed by atoms with Crippen molar-refractivity contribution in [3.63, 3.8) is 0 Å². The monoisotopic (exact) mass is 263 g/mol. The topological polar surface area (TPSA) is 30.5 Å². The van der Waals surface area contributed by atoms with Crippen molar-refractivity contribution in [3.05, 3.63) is 29.3 Å². The highest BCUT2D eigenvalue weighted by molar-refractivity contribution is 5.39. The third-order valence-corrected chi connectivity index (χ3v) is 3.30. The zero-order valence-corrected chi connectivity index (χ0v) is 12.5. The number of benzene rings is 1. The van der Waals surface area contributed by atoms with Crippen molar-refractivity contribution in [2.75, 3.05) is 26.8 Å². The summed E-state index contributed by atoms with van der Waals surface area (Å²) in [6.07, 6.45) is 1.16. The molecule has 106 valence electrons. The molecule has 1 aromatic rings. The minimum Gasteiger partial charge on any atom is -0.496 e. The molecular weight excluding hydrogens is 238 g/mol. The zero-order valence-electron chi connectivity index (χ0n) is 12.5. The van der Waals surface area contributed by atoms with Crippen LogP contribution in [0.2, 0.25) is 0 Å². The lowest BCUT2D eigenvalue weighted by molar-refractivity contribution is 0.0262. The van der Waals surface area contributed by atoms with Crippen LogP contribution in [0, 0.1) is 5.41 Å². The number of hydrogen-bond acceptors (Lipinski definition) is 3. The maximum atomic E-state index is 5.85. The molecule has 19 heavy (non-hydrogen) atoms. The quantitative estimate of drug-likeness (QED) is 0.909. The van der Waals surface area contributed by atoms with Gasteiger partial charge in [0.15, 0.2) is 0 Å². The Morgan fingerprint density at radius 1 is 1.37 bits per heavy atom. The smallest absolute Gasteiger partial charge is 0.124 e. The van der Waals surface area contributed by atoms with Gasteiger partial charge >= 0.3 is 0 Å². The normalized spacial score (nSPS) is 20.3. The van der Waals surface area contributed by atoms with Crippen LogP contribution in [0.3, 0.4) is 0 Å². The summed E-state index contributed by atoms with van der Waals surface area (Å²) in [6, 6.07) is 6.46. The SMILES string of the molecule is COc1ccc(CC(C)(C)C)cc1C1CNCCO1. The van der Waals surface area contributed by atoms with Gasteiger partial charge in [-0.1, -0.05) is 26.8 Å². The van der Waals surface area contributed by atoms with Crippen LogP contribution in [0.5, 0.6) is 5.75 Å². The zero-order chi connectivity index (χ0) is 13.9. The fourth-order valence-corrected chi connectivity index (χ4v) is 2.52. The van der Waals surface area contributed by atoms with Crippen LogP contribution >= 0.6 is 0 Å². The number of nitrogens with one attached hydrogen (secondary N) is 1. The molecule has 1 aliphatic heterocycles. The Bertz CT molecular complexity index is 417. The van der Waals surface area contributed by atoms with Crippen LogP contribution in [0.4, 0.5) is 0 Å². The first-order chi connectivity index (χ1) is 8.99. The van der Waals surface area contributed by atoms with Gasteiger partial charge in [0.2, 0.25) is 0 Å². The highest BCUT2D eigenvalue weighted by Gasteiger charge is 2.21. The van der Waals surface area contributed by atoms with Crippen molar-refractivity contribution in [2.24, 2.45) is 5.41 Å². The van der Waals surface area contributed by atoms with E-state index in [1.165, 1.54) is 5.56 Å². The van der Waals surface area contributed by atoms with Crippen LogP contribution < -0.4 is 10.1 Å². The summed E-state index contributed by atoms with van der Waals surface area (Å²) in [7, 11) is 1.72. The number of methoxy groups -OCH3 is 1. The fourth-order valence-electron chi connectivity index (χ4n) is 2.52. The molecule has 0 radical (unpaired) electrons. The highest BCUT2D eigenvalue weighted by atomic mass is 16.5. The third kappa shape index (κ3) is 3.95. The van der Waals surface area contributed by atoms with E-state index in [0.29, 0.717) is 0 Å². The Balaban J connectivity index is 2.25. The second kappa shape index (κ2) is 5.93. The van der Waals surface area contributed by atoms with E-state index in [4.69, 9.17) is 9.47 Å². The van der Waals surface area contributed by atoms with Gasteiger partial charge < -0.3 is 14.8 Å². The lowest BCUT2D eigenvalue weighted by atomic mass is 9.87. The Morgan fingerprint density at radius 2 is 2.16 bits per heavy atom. The van der Waals surface area contributed by atoms with Gasteiger partial charge in [-0.3, -0.25) is 0 Å². The van der Waals surface area contributed by atoms with Crippen LogP contribution in [0.25, 0.3) is 0 Å². The van der Waals surface area contributed by atoms with E-state index in [9.17, 15) is 0 Å². The molecule has 0 saturated carbocycles. The molecule has 3 nitrogen and oxygen atoms in total. The molecular formula is C16H25NO2. The molecule has 0 spiro atoms. The lowest BCUT2D eigenvalue weighted by Crippen LogP contribution is -2.33. The minimum absolute atomic E-state index is 0.101. The molecule has 0 aliphatic carbocycles. The van der Waals surface area contributed by atoms with Gasteiger partial charge in [0.05, 0.1) is 19.8 Å². The summed E-state index contributed by atoms with van der Waals surface area (Å²) in [5.41, 5.74) is 2.80. The Kier molecular flexibility index (Phi) is 4.48. The maximum Gasteiger partial charge on any atom is 0.124 e. The van der Waals surface area contributed by atoms with Gasteiger partial charge in [0.25, 0.3) is 0 Å². The Morgan fingerprint density at radius 3 is 2.74 bits per heavy atom. The Labute approximate surface area is 116 Å². The van der Waals surface area contributed by atoms with Gasteiger partial charge in [0, 0.05) is 18.7 Å². The molecule has 1 heterocycles. The van der Waals surface area contributed by atoms with Gasteiger partial charge in [-0.15, -0.1) is 0 Å². The molecule has 1 aromatic carbocycles. The Hall–Kier alpha value is -1.06. The predicted molar refractivity (Wildman–Crippen MR) is 77.7 cm³/mol. The maximum absolute atomic E-state index is 5.85. The van der Waals surface area contributed by atoms with E-state index in [-0.39, 0.29) is 11.5 Å². The van der Waals surface area contributed by atoms with E-state index in [0.717, 1.165) is 37.4 Å². The second-order valence-corrected chi connectivity index (χ2v) is 6.38. The minimum atomic E-state index is 0.101. The van der Waals surface area contributed by atoms with Crippen LogP contribution in [-0.2, 0) is 11.2 Å². The average Bonchev–Trinajstić information content (AvgIpc) is 2.38. The molecule has 1 atom stereocenters. The first kappa shape index (κ1) is 14.4. The first-order valence-corrected chi connectivity index (χ1v) is 6.99. The van der Waals surface area contributed by atoms with Gasteiger partial charge in [-0.2, -0.15) is 0 Å². The van der Waals surface area contributed by atoms with E-state index in [1.807, 2.05) is 0 Å². The molecule has 1 saturated heterocycles. The number of morpholine rings is 1. The molecule has 1 N–H and O–H groups in total. The van der Waals surface area contributed by atoms with E-state index >= 15 is 0 Å². The van der Waals surface area contributed by atoms with E-state index in [1.54, 1.807) is 7.11 Å². The summed E-state index contributed by atoms with van der Waals surface area (Å²) >= 11 is 0. The van der Waals surface area contributed by atoms with Crippen LogP contribution in [0.1, 0.15) is 38.0 Å². The largest absolute Gasteiger partial charge is 0.496 e. The molecule has 2 rings (SSSR count). The molecule has 0 aromatic heterocycles. The number of ether oxygens (including phenoxy) is 2. The number of hydrogen-bond donors (Lipinski definition) is 1. The molecule has 0 amide bonds. The molecule has 1 fully saturated rings.